The van der Waals surface area contributed by atoms with E-state index in [4.69, 9.17) is 9.47 Å². The first-order chi connectivity index (χ1) is 19.4. The van der Waals surface area contributed by atoms with E-state index in [1.165, 1.54) is 0 Å². The van der Waals surface area contributed by atoms with Gasteiger partial charge in [-0.05, 0) is 89.5 Å². The molecule has 0 atom stereocenters. The van der Waals surface area contributed by atoms with Gasteiger partial charge in [-0.15, -0.1) is 11.3 Å². The number of carboxylic acids is 1. The molecule has 3 amide bonds. The van der Waals surface area contributed by atoms with Gasteiger partial charge in [0.1, 0.15) is 16.6 Å². The molecule has 2 saturated carbocycles. The minimum absolute atomic E-state index is 0.0337. The SMILES string of the molecule is CC1CCC(C(=O)N(c2ccsc2C(=O)O)C2CCC(NC(=O)OC3CCN(C(=O)OC(C)(C)C)CC3)CC2)CC1. The fraction of sp³-hybridized carbons (Fsp3) is 0.733. The monoisotopic (exact) mass is 591 g/mol. The molecule has 2 heterocycles. The Morgan fingerprint density at radius 2 is 1.61 bits per heavy atom. The van der Waals surface area contributed by atoms with E-state index in [-0.39, 0.29) is 41.0 Å². The van der Waals surface area contributed by atoms with Crippen molar-refractivity contribution in [3.63, 3.8) is 0 Å². The zero-order valence-electron chi connectivity index (χ0n) is 24.7. The van der Waals surface area contributed by atoms with Gasteiger partial charge >= 0.3 is 18.2 Å². The lowest BCUT2D eigenvalue weighted by Gasteiger charge is -2.39. The zero-order chi connectivity index (χ0) is 29.7. The van der Waals surface area contributed by atoms with Gasteiger partial charge in [-0.1, -0.05) is 6.92 Å². The number of amides is 3. The number of alkyl carbamates (subject to hydrolysis) is 1. The summed E-state index contributed by atoms with van der Waals surface area (Å²) in [5.41, 5.74) is -0.0514. The Labute approximate surface area is 246 Å². The first-order valence-electron chi connectivity index (χ1n) is 15.0. The van der Waals surface area contributed by atoms with Crippen molar-refractivity contribution in [2.75, 3.05) is 18.0 Å². The number of likely N-dealkylation sites (tertiary alicyclic amines) is 1. The van der Waals surface area contributed by atoms with Gasteiger partial charge in [0.15, 0.2) is 0 Å². The molecule has 1 aliphatic heterocycles. The molecule has 0 spiro atoms. The van der Waals surface area contributed by atoms with Crippen molar-refractivity contribution < 1.29 is 33.8 Å². The molecule has 1 saturated heterocycles. The van der Waals surface area contributed by atoms with Gasteiger partial charge in [-0.3, -0.25) is 4.79 Å². The number of nitrogens with zero attached hydrogens (tertiary/aromatic N) is 2. The lowest BCUT2D eigenvalue weighted by atomic mass is 9.81. The molecule has 3 fully saturated rings. The van der Waals surface area contributed by atoms with Crippen molar-refractivity contribution in [3.8, 4) is 0 Å². The second-order valence-corrected chi connectivity index (χ2v) is 13.7. The van der Waals surface area contributed by atoms with E-state index in [0.29, 0.717) is 63.2 Å². The Balaban J connectivity index is 1.29. The number of aromatic carboxylic acids is 1. The second kappa shape index (κ2) is 13.4. The van der Waals surface area contributed by atoms with Crippen LogP contribution in [0.15, 0.2) is 11.4 Å². The molecule has 228 valence electrons. The predicted molar refractivity (Wildman–Crippen MR) is 156 cm³/mol. The van der Waals surface area contributed by atoms with Crippen LogP contribution in [0, 0.1) is 11.8 Å². The van der Waals surface area contributed by atoms with Crippen LogP contribution in [0.2, 0.25) is 0 Å². The van der Waals surface area contributed by atoms with Crippen LogP contribution >= 0.6 is 11.3 Å². The minimum Gasteiger partial charge on any atom is -0.477 e. The van der Waals surface area contributed by atoms with Crippen molar-refractivity contribution in [1.29, 1.82) is 0 Å². The van der Waals surface area contributed by atoms with Crippen LogP contribution in [0.3, 0.4) is 0 Å². The molecule has 1 aromatic heterocycles. The van der Waals surface area contributed by atoms with Crippen LogP contribution in [0.1, 0.15) is 102 Å². The quantitative estimate of drug-likeness (QED) is 0.413. The number of piperidine rings is 1. The molecule has 10 nitrogen and oxygen atoms in total. The van der Waals surface area contributed by atoms with Gasteiger partial charge < -0.3 is 29.7 Å². The van der Waals surface area contributed by atoms with Gasteiger partial charge in [0, 0.05) is 43.9 Å². The average Bonchev–Trinajstić information content (AvgIpc) is 3.39. The van der Waals surface area contributed by atoms with Gasteiger partial charge in [0.2, 0.25) is 5.91 Å². The maximum Gasteiger partial charge on any atom is 0.410 e. The van der Waals surface area contributed by atoms with E-state index >= 15 is 0 Å². The molecule has 0 unspecified atom stereocenters. The third kappa shape index (κ3) is 8.36. The maximum atomic E-state index is 13.8. The van der Waals surface area contributed by atoms with E-state index in [1.807, 2.05) is 20.8 Å². The first-order valence-corrected chi connectivity index (χ1v) is 15.9. The summed E-state index contributed by atoms with van der Waals surface area (Å²) in [5, 5.41) is 14.5. The molecule has 0 aromatic carbocycles. The number of carbonyl (C=O) groups is 4. The minimum atomic E-state index is -1.01. The highest BCUT2D eigenvalue weighted by molar-refractivity contribution is 7.12. The number of thiophene rings is 1. The highest BCUT2D eigenvalue weighted by Gasteiger charge is 2.37. The van der Waals surface area contributed by atoms with Crippen molar-refractivity contribution in [3.05, 3.63) is 16.3 Å². The summed E-state index contributed by atoms with van der Waals surface area (Å²) in [7, 11) is 0. The number of hydrogen-bond acceptors (Lipinski definition) is 7. The summed E-state index contributed by atoms with van der Waals surface area (Å²) in [6.45, 7) is 8.67. The lowest BCUT2D eigenvalue weighted by molar-refractivity contribution is -0.124. The number of hydrogen-bond donors (Lipinski definition) is 2. The van der Waals surface area contributed by atoms with Gasteiger partial charge in [0.25, 0.3) is 0 Å². The zero-order valence-corrected chi connectivity index (χ0v) is 25.5. The van der Waals surface area contributed by atoms with Crippen molar-refractivity contribution in [2.24, 2.45) is 11.8 Å². The van der Waals surface area contributed by atoms with Gasteiger partial charge in [0.05, 0.1) is 5.69 Å². The number of anilines is 1. The third-order valence-electron chi connectivity index (χ3n) is 8.45. The highest BCUT2D eigenvalue weighted by atomic mass is 32.1. The van der Waals surface area contributed by atoms with Crippen molar-refractivity contribution >= 4 is 41.1 Å². The molecule has 2 aliphatic carbocycles. The molecule has 4 rings (SSSR count). The molecular formula is C30H45N3O7S. The third-order valence-corrected chi connectivity index (χ3v) is 9.34. The van der Waals surface area contributed by atoms with E-state index in [2.05, 4.69) is 12.2 Å². The molecule has 2 N–H and O–H groups in total. The van der Waals surface area contributed by atoms with Crippen LogP contribution in [0.25, 0.3) is 0 Å². The lowest BCUT2D eigenvalue weighted by Crippen LogP contribution is -2.49. The molecular weight excluding hydrogens is 546 g/mol. The van der Waals surface area contributed by atoms with Gasteiger partial charge in [-0.25, -0.2) is 14.4 Å². The maximum absolute atomic E-state index is 13.8. The fourth-order valence-electron chi connectivity index (χ4n) is 6.16. The van der Waals surface area contributed by atoms with Crippen LogP contribution in [-0.4, -0.2) is 70.9 Å². The topological polar surface area (TPSA) is 125 Å². The first kappa shape index (κ1) is 31.1. The molecule has 0 bridgehead atoms. The summed E-state index contributed by atoms with van der Waals surface area (Å²) >= 11 is 1.15. The Morgan fingerprint density at radius 3 is 2.20 bits per heavy atom. The molecule has 11 heteroatoms. The predicted octanol–water partition coefficient (Wildman–Crippen LogP) is 6.04. The molecule has 41 heavy (non-hydrogen) atoms. The second-order valence-electron chi connectivity index (χ2n) is 12.8. The summed E-state index contributed by atoms with van der Waals surface area (Å²) in [4.78, 5) is 54.3. The van der Waals surface area contributed by atoms with Crippen molar-refractivity contribution in [1.82, 2.24) is 10.2 Å². The number of ether oxygens (including phenoxy) is 2. The summed E-state index contributed by atoms with van der Waals surface area (Å²) in [6.07, 6.45) is 6.44. The Hall–Kier alpha value is -2.82. The van der Waals surface area contributed by atoms with E-state index in [0.717, 1.165) is 37.0 Å². The standard InChI is InChI=1S/C30H45N3O7S/c1-19-5-7-20(8-6-19)26(34)33(24-15-18-41-25(24)27(35)36)22-11-9-21(10-12-22)31-28(37)39-23-13-16-32(17-14-23)29(38)40-30(2,3)4/h15,18-23H,5-14,16-17H2,1-4H3,(H,31,37)(H,35,36). The van der Waals surface area contributed by atoms with Crippen molar-refractivity contribution in [2.45, 2.75) is 116 Å². The molecule has 3 aliphatic rings. The largest absolute Gasteiger partial charge is 0.477 e. The van der Waals surface area contributed by atoms with Crippen LogP contribution < -0.4 is 10.2 Å². The number of carboxylic acid groups (broad SMARTS) is 1. The summed E-state index contributed by atoms with van der Waals surface area (Å²) in [6, 6.07) is 1.57. The highest BCUT2D eigenvalue weighted by Crippen LogP contribution is 2.37. The Kier molecular flexibility index (Phi) is 10.2. The Bertz CT molecular complexity index is 1080. The van der Waals surface area contributed by atoms with Crippen LogP contribution in [0.5, 0.6) is 0 Å². The summed E-state index contributed by atoms with van der Waals surface area (Å²) in [5.74, 6) is -0.450. The van der Waals surface area contributed by atoms with E-state index in [1.54, 1.807) is 21.2 Å². The molecule has 0 radical (unpaired) electrons. The fourth-order valence-corrected chi connectivity index (χ4v) is 6.89. The normalized spacial score (nSPS) is 25.7. The number of carbonyl (C=O) groups excluding carboxylic acids is 3. The Morgan fingerprint density at radius 1 is 0.976 bits per heavy atom. The summed E-state index contributed by atoms with van der Waals surface area (Å²) < 4.78 is 11.1. The van der Waals surface area contributed by atoms with Gasteiger partial charge in [-0.2, -0.15) is 0 Å². The number of rotatable bonds is 6. The van der Waals surface area contributed by atoms with E-state index in [9.17, 15) is 24.3 Å². The van der Waals surface area contributed by atoms with Crippen LogP contribution in [-0.2, 0) is 14.3 Å². The molecule has 1 aromatic rings. The smallest absolute Gasteiger partial charge is 0.410 e. The van der Waals surface area contributed by atoms with Crippen LogP contribution in [0.4, 0.5) is 15.3 Å². The average molecular weight is 592 g/mol. The van der Waals surface area contributed by atoms with E-state index < -0.39 is 17.7 Å². The number of nitrogens with one attached hydrogen (secondary N) is 1.